The molecule has 0 aliphatic rings. The van der Waals surface area contributed by atoms with E-state index < -0.39 is 44.0 Å². The van der Waals surface area contributed by atoms with Crippen molar-refractivity contribution in [2.45, 2.75) is 4.90 Å². The Balaban J connectivity index is 3.82. The van der Waals surface area contributed by atoms with Crippen molar-refractivity contribution in [3.63, 3.8) is 0 Å². The zero-order chi connectivity index (χ0) is 12.7. The Morgan fingerprint density at radius 3 is 1.62 bits per heavy atom. The normalized spacial score (nSPS) is 11.6. The molecular formula is C7H5F4NO3S. The number of benzene rings is 1. The van der Waals surface area contributed by atoms with Crippen molar-refractivity contribution in [1.82, 2.24) is 0 Å². The van der Waals surface area contributed by atoms with Gasteiger partial charge in [-0.25, -0.2) is 17.6 Å². The number of anilines is 1. The van der Waals surface area contributed by atoms with Gasteiger partial charge in [-0.15, -0.1) is 0 Å². The Kier molecular flexibility index (Phi) is 3.10. The number of halogens is 4. The van der Waals surface area contributed by atoms with E-state index >= 15 is 0 Å². The molecule has 4 nitrogen and oxygen atoms in total. The molecular weight excluding hydrogens is 254 g/mol. The molecule has 9 heteroatoms. The zero-order valence-corrected chi connectivity index (χ0v) is 8.50. The highest BCUT2D eigenvalue weighted by atomic mass is 32.2. The summed E-state index contributed by atoms with van der Waals surface area (Å²) >= 11 is 0. The highest BCUT2D eigenvalue weighted by molar-refractivity contribution is 7.85. The first-order valence-electron chi connectivity index (χ1n) is 3.73. The van der Waals surface area contributed by atoms with Crippen LogP contribution in [0, 0.1) is 23.3 Å². The summed E-state index contributed by atoms with van der Waals surface area (Å²) in [5.74, 6) is -8.25. The molecule has 0 bridgehead atoms. The van der Waals surface area contributed by atoms with E-state index in [1.165, 1.54) is 0 Å². The fourth-order valence-electron chi connectivity index (χ4n) is 1.06. The molecule has 0 unspecified atom stereocenters. The van der Waals surface area contributed by atoms with Gasteiger partial charge in [-0.3, -0.25) is 4.55 Å². The van der Waals surface area contributed by atoms with E-state index in [4.69, 9.17) is 4.55 Å². The first-order chi connectivity index (χ1) is 7.21. The third-order valence-electron chi connectivity index (χ3n) is 1.73. The molecule has 1 aromatic rings. The van der Waals surface area contributed by atoms with Crippen LogP contribution in [0.15, 0.2) is 4.90 Å². The number of rotatable bonds is 2. The van der Waals surface area contributed by atoms with Gasteiger partial charge >= 0.3 is 10.1 Å². The Hall–Kier alpha value is -1.35. The molecule has 0 saturated carbocycles. The van der Waals surface area contributed by atoms with Crippen LogP contribution in [0.1, 0.15) is 0 Å². The van der Waals surface area contributed by atoms with Crippen LogP contribution in [0.4, 0.5) is 23.2 Å². The second-order valence-corrected chi connectivity index (χ2v) is 4.04. The smallest absolute Gasteiger partial charge is 0.300 e. The molecule has 90 valence electrons. The molecule has 0 amide bonds. The van der Waals surface area contributed by atoms with Crippen LogP contribution in [0.3, 0.4) is 0 Å². The van der Waals surface area contributed by atoms with Gasteiger partial charge < -0.3 is 5.32 Å². The van der Waals surface area contributed by atoms with Crippen molar-refractivity contribution in [1.29, 1.82) is 0 Å². The minimum absolute atomic E-state index is 0.980. The average Bonchev–Trinajstić information content (AvgIpc) is 2.14. The molecule has 0 aliphatic heterocycles. The van der Waals surface area contributed by atoms with Gasteiger partial charge in [-0.1, -0.05) is 0 Å². The molecule has 1 aromatic carbocycles. The maximum atomic E-state index is 13.0. The van der Waals surface area contributed by atoms with E-state index in [-0.39, 0.29) is 0 Å². The minimum atomic E-state index is -5.39. The average molecular weight is 259 g/mol. The molecule has 0 aliphatic carbocycles. The first kappa shape index (κ1) is 12.7. The van der Waals surface area contributed by atoms with Crippen molar-refractivity contribution in [3.05, 3.63) is 23.3 Å². The second-order valence-electron chi connectivity index (χ2n) is 2.69. The lowest BCUT2D eigenvalue weighted by Crippen LogP contribution is -2.12. The summed E-state index contributed by atoms with van der Waals surface area (Å²) in [7, 11) is -4.41. The summed E-state index contributed by atoms with van der Waals surface area (Å²) < 4.78 is 81.5. The van der Waals surface area contributed by atoms with Crippen LogP contribution < -0.4 is 5.32 Å². The maximum absolute atomic E-state index is 13.0. The molecule has 16 heavy (non-hydrogen) atoms. The lowest BCUT2D eigenvalue weighted by molar-refractivity contribution is 0.407. The van der Waals surface area contributed by atoms with E-state index in [0.717, 1.165) is 7.05 Å². The van der Waals surface area contributed by atoms with Gasteiger partial charge in [0.25, 0.3) is 0 Å². The SMILES string of the molecule is CNc1c(F)c(F)c(S(=O)(=O)O)c(F)c1F. The van der Waals surface area contributed by atoms with Crippen LogP contribution >= 0.6 is 0 Å². The molecule has 0 fully saturated rings. The molecule has 0 heterocycles. The van der Waals surface area contributed by atoms with Gasteiger partial charge in [-0.2, -0.15) is 8.42 Å². The standard InChI is InChI=1S/C7H5F4NO3S/c1-12-6-2(8)4(10)7(16(13,14)15)5(11)3(6)9/h12H,1H3,(H,13,14,15). The van der Waals surface area contributed by atoms with Crippen LogP contribution in [0.2, 0.25) is 0 Å². The van der Waals surface area contributed by atoms with Gasteiger partial charge in [0.2, 0.25) is 0 Å². The largest absolute Gasteiger partial charge is 0.383 e. The number of hydrogen-bond acceptors (Lipinski definition) is 3. The van der Waals surface area contributed by atoms with Crippen LogP contribution in [0.25, 0.3) is 0 Å². The van der Waals surface area contributed by atoms with E-state index in [0.29, 0.717) is 0 Å². The number of hydrogen-bond donors (Lipinski definition) is 2. The van der Waals surface area contributed by atoms with Crippen molar-refractivity contribution in [2.75, 3.05) is 12.4 Å². The van der Waals surface area contributed by atoms with E-state index in [1.807, 2.05) is 5.32 Å². The molecule has 0 spiro atoms. The second kappa shape index (κ2) is 3.91. The zero-order valence-electron chi connectivity index (χ0n) is 7.68. The van der Waals surface area contributed by atoms with Crippen molar-refractivity contribution < 1.29 is 30.5 Å². The quantitative estimate of drug-likeness (QED) is 0.480. The monoisotopic (exact) mass is 259 g/mol. The fourth-order valence-corrected chi connectivity index (χ4v) is 1.69. The van der Waals surface area contributed by atoms with Gasteiger partial charge in [0.1, 0.15) is 5.69 Å². The summed E-state index contributed by atoms with van der Waals surface area (Å²) in [6, 6.07) is 0. The lowest BCUT2D eigenvalue weighted by Gasteiger charge is -2.09. The highest BCUT2D eigenvalue weighted by Crippen LogP contribution is 2.30. The van der Waals surface area contributed by atoms with E-state index in [2.05, 4.69) is 0 Å². The summed E-state index contributed by atoms with van der Waals surface area (Å²) in [6.45, 7) is 0. The highest BCUT2D eigenvalue weighted by Gasteiger charge is 2.31. The predicted molar refractivity (Wildman–Crippen MR) is 45.6 cm³/mol. The van der Waals surface area contributed by atoms with Crippen LogP contribution in [-0.4, -0.2) is 20.0 Å². The predicted octanol–water partition coefficient (Wildman–Crippen LogP) is 1.53. The fraction of sp³-hybridized carbons (Fsp3) is 0.143. The first-order valence-corrected chi connectivity index (χ1v) is 5.17. The summed E-state index contributed by atoms with van der Waals surface area (Å²) in [5.41, 5.74) is -1.16. The molecule has 0 saturated heterocycles. The van der Waals surface area contributed by atoms with Crippen molar-refractivity contribution >= 4 is 15.8 Å². The Morgan fingerprint density at radius 1 is 1.00 bits per heavy atom. The molecule has 1 rings (SSSR count). The third-order valence-corrected chi connectivity index (χ3v) is 2.61. The molecule has 0 atom stereocenters. The topological polar surface area (TPSA) is 66.4 Å². The minimum Gasteiger partial charge on any atom is -0.383 e. The van der Waals surface area contributed by atoms with E-state index in [9.17, 15) is 26.0 Å². The van der Waals surface area contributed by atoms with Crippen LogP contribution in [0.5, 0.6) is 0 Å². The maximum Gasteiger partial charge on any atom is 0.300 e. The molecule has 2 N–H and O–H groups in total. The molecule has 0 aromatic heterocycles. The van der Waals surface area contributed by atoms with Gasteiger partial charge in [0, 0.05) is 7.05 Å². The van der Waals surface area contributed by atoms with Gasteiger partial charge in [0.15, 0.2) is 28.2 Å². The lowest BCUT2D eigenvalue weighted by atomic mass is 10.2. The summed E-state index contributed by atoms with van der Waals surface area (Å²) in [4.78, 5) is -2.05. The summed E-state index contributed by atoms with van der Waals surface area (Å²) in [5, 5.41) is 1.82. The van der Waals surface area contributed by atoms with Crippen molar-refractivity contribution in [3.8, 4) is 0 Å². The van der Waals surface area contributed by atoms with Gasteiger partial charge in [-0.05, 0) is 0 Å². The van der Waals surface area contributed by atoms with Gasteiger partial charge in [0.05, 0.1) is 0 Å². The number of nitrogens with one attached hydrogen (secondary N) is 1. The summed E-state index contributed by atoms with van der Waals surface area (Å²) in [6.07, 6.45) is 0. The Morgan fingerprint density at radius 2 is 1.38 bits per heavy atom. The molecule has 0 radical (unpaired) electrons. The van der Waals surface area contributed by atoms with Crippen LogP contribution in [-0.2, 0) is 10.1 Å². The Bertz CT molecular complexity index is 514. The van der Waals surface area contributed by atoms with E-state index in [1.54, 1.807) is 0 Å². The Labute approximate surface area is 87.6 Å². The third kappa shape index (κ3) is 1.83. The van der Waals surface area contributed by atoms with Crippen molar-refractivity contribution in [2.24, 2.45) is 0 Å².